The van der Waals surface area contributed by atoms with Gasteiger partial charge in [-0.05, 0) is 18.2 Å². The number of pyridine rings is 1. The zero-order valence-corrected chi connectivity index (χ0v) is 12.5. The Bertz CT molecular complexity index is 769. The van der Waals surface area contributed by atoms with Crippen LogP contribution in [0.15, 0.2) is 46.4 Å². The van der Waals surface area contributed by atoms with Crippen LogP contribution in [0.4, 0.5) is 0 Å². The van der Waals surface area contributed by atoms with Crippen molar-refractivity contribution in [2.45, 2.75) is 0 Å². The van der Waals surface area contributed by atoms with Crippen LogP contribution in [-0.4, -0.2) is 16.7 Å². The highest BCUT2D eigenvalue weighted by Gasteiger charge is 2.05. The average Bonchev–Trinajstić information content (AvgIpc) is 2.44. The first-order chi connectivity index (χ1) is 9.97. The predicted octanol–water partition coefficient (Wildman–Crippen LogP) is 2.46. The van der Waals surface area contributed by atoms with Gasteiger partial charge in [0.25, 0.3) is 5.91 Å². The number of aromatic nitrogens is 1. The maximum atomic E-state index is 11.8. The van der Waals surface area contributed by atoms with Gasteiger partial charge in [-0.2, -0.15) is 5.10 Å². The molecule has 1 amide bonds. The van der Waals surface area contributed by atoms with Gasteiger partial charge in [0.1, 0.15) is 0 Å². The number of nitrogens with zero attached hydrogens (tertiary/aromatic N) is 2. The van der Waals surface area contributed by atoms with Crippen LogP contribution in [0, 0.1) is 0 Å². The van der Waals surface area contributed by atoms with E-state index in [0.29, 0.717) is 21.2 Å². The van der Waals surface area contributed by atoms with Gasteiger partial charge in [-0.25, -0.2) is 5.43 Å². The summed E-state index contributed by atoms with van der Waals surface area (Å²) in [5, 5.41) is 4.77. The molecule has 108 valence electrons. The molecule has 0 bridgehead atoms. The van der Waals surface area contributed by atoms with Crippen molar-refractivity contribution in [2.24, 2.45) is 12.1 Å². The van der Waals surface area contributed by atoms with Crippen molar-refractivity contribution in [3.63, 3.8) is 0 Å². The summed E-state index contributed by atoms with van der Waals surface area (Å²) in [5.41, 5.74) is 3.12. The number of amides is 1. The van der Waals surface area contributed by atoms with Gasteiger partial charge in [0.2, 0.25) is 5.56 Å². The van der Waals surface area contributed by atoms with Crippen LogP contribution in [0.1, 0.15) is 15.9 Å². The smallest absolute Gasteiger partial charge is 0.272 e. The lowest BCUT2D eigenvalue weighted by atomic mass is 10.2. The number of halogens is 2. The average molecular weight is 324 g/mol. The Morgan fingerprint density at radius 1 is 1.29 bits per heavy atom. The first-order valence-electron chi connectivity index (χ1n) is 5.92. The van der Waals surface area contributed by atoms with E-state index in [9.17, 15) is 9.59 Å². The summed E-state index contributed by atoms with van der Waals surface area (Å²) in [6.45, 7) is 0. The molecule has 2 rings (SSSR count). The van der Waals surface area contributed by atoms with Crippen LogP contribution < -0.4 is 11.0 Å². The van der Waals surface area contributed by atoms with Crippen molar-refractivity contribution < 1.29 is 4.79 Å². The lowest BCUT2D eigenvalue weighted by molar-refractivity contribution is 0.0954. The lowest BCUT2D eigenvalue weighted by Gasteiger charge is -2.02. The molecule has 0 unspecified atom stereocenters. The Morgan fingerprint density at radius 2 is 2.05 bits per heavy atom. The molecule has 0 atom stereocenters. The van der Waals surface area contributed by atoms with Crippen molar-refractivity contribution in [1.29, 1.82) is 0 Å². The van der Waals surface area contributed by atoms with Crippen LogP contribution in [0.25, 0.3) is 0 Å². The SMILES string of the molecule is Cn1cc(C(=O)N/N=C\c2ccc(Cl)cc2Cl)ccc1=O. The van der Waals surface area contributed by atoms with Crippen LogP contribution in [0.2, 0.25) is 10.0 Å². The molecule has 0 fully saturated rings. The molecule has 1 heterocycles. The monoisotopic (exact) mass is 323 g/mol. The number of benzene rings is 1. The summed E-state index contributed by atoms with van der Waals surface area (Å²) in [7, 11) is 1.57. The molecule has 7 heteroatoms. The van der Waals surface area contributed by atoms with Gasteiger partial charge < -0.3 is 4.57 Å². The van der Waals surface area contributed by atoms with Crippen LogP contribution in [0.5, 0.6) is 0 Å². The predicted molar refractivity (Wildman–Crippen MR) is 83.2 cm³/mol. The second-order valence-electron chi connectivity index (χ2n) is 4.23. The molecule has 0 spiro atoms. The summed E-state index contributed by atoms with van der Waals surface area (Å²) < 4.78 is 1.31. The van der Waals surface area contributed by atoms with Crippen LogP contribution >= 0.6 is 23.2 Å². The molecule has 1 aromatic heterocycles. The maximum absolute atomic E-state index is 11.8. The molecule has 5 nitrogen and oxygen atoms in total. The Labute approximate surface area is 130 Å². The first kappa shape index (κ1) is 15.3. The Hall–Kier alpha value is -2.11. The summed E-state index contributed by atoms with van der Waals surface area (Å²) in [5.74, 6) is -0.424. The molecule has 0 aliphatic heterocycles. The fourth-order valence-electron chi connectivity index (χ4n) is 1.56. The highest BCUT2D eigenvalue weighted by Crippen LogP contribution is 2.19. The molecule has 0 saturated heterocycles. The Balaban J connectivity index is 2.08. The van der Waals surface area contributed by atoms with E-state index in [1.165, 1.54) is 29.1 Å². The summed E-state index contributed by atoms with van der Waals surface area (Å²) >= 11 is 11.8. The van der Waals surface area contributed by atoms with Crippen molar-refractivity contribution in [3.8, 4) is 0 Å². The Morgan fingerprint density at radius 3 is 2.71 bits per heavy atom. The molecule has 1 aromatic carbocycles. The van der Waals surface area contributed by atoms with Gasteiger partial charge in [-0.15, -0.1) is 0 Å². The minimum atomic E-state index is -0.424. The maximum Gasteiger partial charge on any atom is 0.272 e. The molecule has 0 aliphatic carbocycles. The summed E-state index contributed by atoms with van der Waals surface area (Å²) in [4.78, 5) is 23.1. The lowest BCUT2D eigenvalue weighted by Crippen LogP contribution is -2.22. The third-order valence-electron chi connectivity index (χ3n) is 2.68. The van der Waals surface area contributed by atoms with Gasteiger partial charge in [0, 0.05) is 29.9 Å². The van der Waals surface area contributed by atoms with Crippen LogP contribution in [0.3, 0.4) is 0 Å². The van der Waals surface area contributed by atoms with Crippen molar-refractivity contribution in [3.05, 3.63) is 68.1 Å². The number of aryl methyl sites for hydroxylation is 1. The van der Waals surface area contributed by atoms with Crippen molar-refractivity contribution in [2.75, 3.05) is 0 Å². The number of hydrogen-bond donors (Lipinski definition) is 1. The second-order valence-corrected chi connectivity index (χ2v) is 5.08. The normalized spacial score (nSPS) is 10.8. The first-order valence-corrected chi connectivity index (χ1v) is 6.68. The molecule has 0 radical (unpaired) electrons. The van der Waals surface area contributed by atoms with E-state index in [2.05, 4.69) is 10.5 Å². The van der Waals surface area contributed by atoms with Crippen molar-refractivity contribution in [1.82, 2.24) is 9.99 Å². The minimum Gasteiger partial charge on any atom is -0.318 e. The second kappa shape index (κ2) is 6.56. The molecule has 21 heavy (non-hydrogen) atoms. The van der Waals surface area contributed by atoms with Gasteiger partial charge >= 0.3 is 0 Å². The van der Waals surface area contributed by atoms with Gasteiger partial charge in [0.15, 0.2) is 0 Å². The van der Waals surface area contributed by atoms with E-state index >= 15 is 0 Å². The zero-order valence-electron chi connectivity index (χ0n) is 11.0. The number of carbonyl (C=O) groups is 1. The van der Waals surface area contributed by atoms with Crippen LogP contribution in [-0.2, 0) is 7.05 Å². The number of rotatable bonds is 3. The van der Waals surface area contributed by atoms with E-state index in [-0.39, 0.29) is 5.56 Å². The third-order valence-corrected chi connectivity index (χ3v) is 3.24. The van der Waals surface area contributed by atoms with E-state index in [4.69, 9.17) is 23.2 Å². The van der Waals surface area contributed by atoms with E-state index in [1.54, 1.807) is 25.2 Å². The fourth-order valence-corrected chi connectivity index (χ4v) is 2.02. The number of hydrogen-bond acceptors (Lipinski definition) is 3. The molecule has 1 N–H and O–H groups in total. The highest BCUT2D eigenvalue weighted by atomic mass is 35.5. The molecular weight excluding hydrogens is 313 g/mol. The minimum absolute atomic E-state index is 0.192. The topological polar surface area (TPSA) is 63.5 Å². The third kappa shape index (κ3) is 3.93. The van der Waals surface area contributed by atoms with Gasteiger partial charge in [-0.3, -0.25) is 9.59 Å². The highest BCUT2D eigenvalue weighted by molar-refractivity contribution is 6.36. The van der Waals surface area contributed by atoms with E-state index in [1.807, 2.05) is 0 Å². The summed E-state index contributed by atoms with van der Waals surface area (Å²) in [6.07, 6.45) is 2.85. The largest absolute Gasteiger partial charge is 0.318 e. The van der Waals surface area contributed by atoms with Crippen molar-refractivity contribution >= 4 is 35.3 Å². The zero-order chi connectivity index (χ0) is 15.4. The fraction of sp³-hybridized carbons (Fsp3) is 0.0714. The molecule has 0 aliphatic rings. The summed E-state index contributed by atoms with van der Waals surface area (Å²) in [6, 6.07) is 7.69. The standard InChI is InChI=1S/C14H11Cl2N3O2/c1-19-8-10(3-5-13(19)20)14(21)18-17-7-9-2-4-11(15)6-12(9)16/h2-8H,1H3,(H,18,21)/b17-7-. The number of carbonyl (C=O) groups excluding carboxylic acids is 1. The Kier molecular flexibility index (Phi) is 4.77. The quantitative estimate of drug-likeness (QED) is 0.696. The van der Waals surface area contributed by atoms with Gasteiger partial charge in [0.05, 0.1) is 16.8 Å². The van der Waals surface area contributed by atoms with E-state index < -0.39 is 5.91 Å². The molecular formula is C14H11Cl2N3O2. The van der Waals surface area contributed by atoms with E-state index in [0.717, 1.165) is 0 Å². The number of nitrogens with one attached hydrogen (secondary N) is 1. The number of hydrazone groups is 1. The van der Waals surface area contributed by atoms with Gasteiger partial charge in [-0.1, -0.05) is 29.3 Å². The molecule has 2 aromatic rings. The molecule has 0 saturated carbocycles.